The van der Waals surface area contributed by atoms with E-state index in [2.05, 4.69) is 38.9 Å². The van der Waals surface area contributed by atoms with Gasteiger partial charge in [-0.3, -0.25) is 4.79 Å². The van der Waals surface area contributed by atoms with E-state index in [0.29, 0.717) is 35.5 Å². The molecule has 4 aromatic rings. The van der Waals surface area contributed by atoms with Gasteiger partial charge in [0.2, 0.25) is 5.95 Å². The molecule has 218 valence electrons. The second-order valence-corrected chi connectivity index (χ2v) is 12.0. The van der Waals surface area contributed by atoms with Crippen LogP contribution in [0.5, 0.6) is 11.5 Å². The van der Waals surface area contributed by atoms with Gasteiger partial charge in [0.15, 0.2) is 0 Å². The Hall–Kier alpha value is -4.44. The van der Waals surface area contributed by atoms with Crippen LogP contribution in [0.2, 0.25) is 0 Å². The first kappa shape index (κ1) is 29.1. The first-order valence-electron chi connectivity index (χ1n) is 13.8. The fourth-order valence-corrected chi connectivity index (χ4v) is 6.06. The number of ether oxygens (including phenoxy) is 2. The third kappa shape index (κ3) is 7.06. The van der Waals surface area contributed by atoms with E-state index < -0.39 is 15.9 Å². The van der Waals surface area contributed by atoms with E-state index in [-0.39, 0.29) is 10.5 Å². The third-order valence-corrected chi connectivity index (χ3v) is 8.84. The Morgan fingerprint density at radius 1 is 0.881 bits per heavy atom. The van der Waals surface area contributed by atoms with E-state index in [9.17, 15) is 13.2 Å². The van der Waals surface area contributed by atoms with Crippen molar-refractivity contribution in [2.75, 3.05) is 32.2 Å². The Bertz CT molecular complexity index is 1600. The molecule has 1 N–H and O–H groups in total. The van der Waals surface area contributed by atoms with Gasteiger partial charge in [-0.25, -0.2) is 23.1 Å². The lowest BCUT2D eigenvalue weighted by Crippen LogP contribution is -2.36. The number of aromatic nitrogens is 2. The molecule has 0 radical (unpaired) electrons. The van der Waals surface area contributed by atoms with E-state index in [4.69, 9.17) is 14.5 Å². The molecule has 9 nitrogen and oxygen atoms in total. The molecule has 10 heteroatoms. The normalized spacial score (nSPS) is 13.9. The fourth-order valence-electron chi connectivity index (χ4n) is 5.10. The number of methoxy groups -OCH3 is 2. The molecule has 0 atom stereocenters. The zero-order valence-electron chi connectivity index (χ0n) is 23.7. The lowest BCUT2D eigenvalue weighted by molar-refractivity contribution is 0.0980. The number of hydrogen-bond donors (Lipinski definition) is 1. The van der Waals surface area contributed by atoms with E-state index in [1.807, 2.05) is 30.3 Å². The average Bonchev–Trinajstić information content (AvgIpc) is 3.02. The quantitative estimate of drug-likeness (QED) is 0.286. The number of rotatable bonds is 10. The van der Waals surface area contributed by atoms with Gasteiger partial charge in [0, 0.05) is 25.7 Å². The second-order valence-electron chi connectivity index (χ2n) is 10.3. The van der Waals surface area contributed by atoms with Crippen LogP contribution < -0.4 is 19.1 Å². The number of nitrogens with one attached hydrogen (secondary N) is 1. The summed E-state index contributed by atoms with van der Waals surface area (Å²) in [6, 6.07) is 23.8. The van der Waals surface area contributed by atoms with Crippen LogP contribution in [0.4, 0.5) is 5.95 Å². The van der Waals surface area contributed by atoms with Gasteiger partial charge in [0.25, 0.3) is 15.9 Å². The molecule has 1 aliphatic rings. The van der Waals surface area contributed by atoms with Crippen LogP contribution in [0.3, 0.4) is 0 Å². The molecular weight excluding hydrogens is 552 g/mol. The molecule has 2 heterocycles. The van der Waals surface area contributed by atoms with Gasteiger partial charge >= 0.3 is 0 Å². The SMILES string of the molecule is COc1ccc(Cc2nc(N3CCC(Cc4ccccc4)CC3)ncc2C(=O)NS(=O)(=O)c2ccc(OC)cc2)cc1. The molecular formula is C32H34N4O5S. The van der Waals surface area contributed by atoms with E-state index >= 15 is 0 Å². The van der Waals surface area contributed by atoms with Crippen LogP contribution in [0.25, 0.3) is 0 Å². The molecule has 3 aromatic carbocycles. The summed E-state index contributed by atoms with van der Waals surface area (Å²) in [5.41, 5.74) is 2.78. The summed E-state index contributed by atoms with van der Waals surface area (Å²) >= 11 is 0. The van der Waals surface area contributed by atoms with Crippen LogP contribution in [-0.4, -0.2) is 51.6 Å². The number of benzene rings is 3. The number of anilines is 1. The Morgan fingerprint density at radius 3 is 2.12 bits per heavy atom. The highest BCUT2D eigenvalue weighted by Gasteiger charge is 2.25. The Morgan fingerprint density at radius 2 is 1.50 bits per heavy atom. The number of amides is 1. The maximum absolute atomic E-state index is 13.3. The Labute approximate surface area is 246 Å². The molecule has 0 saturated carbocycles. The van der Waals surface area contributed by atoms with Gasteiger partial charge < -0.3 is 14.4 Å². The number of nitrogens with zero attached hydrogens (tertiary/aromatic N) is 3. The van der Waals surface area contributed by atoms with Crippen LogP contribution in [0.1, 0.15) is 40.0 Å². The second kappa shape index (κ2) is 13.0. The van der Waals surface area contributed by atoms with Crippen LogP contribution in [-0.2, 0) is 22.9 Å². The zero-order chi connectivity index (χ0) is 29.5. The minimum Gasteiger partial charge on any atom is -0.497 e. The molecule has 0 unspecified atom stereocenters. The fraction of sp³-hybridized carbons (Fsp3) is 0.281. The average molecular weight is 587 g/mol. The van der Waals surface area contributed by atoms with Gasteiger partial charge in [0.1, 0.15) is 11.5 Å². The molecule has 1 saturated heterocycles. The van der Waals surface area contributed by atoms with Crippen molar-refractivity contribution < 1.29 is 22.7 Å². The van der Waals surface area contributed by atoms with Crippen molar-refractivity contribution in [2.45, 2.75) is 30.6 Å². The largest absolute Gasteiger partial charge is 0.497 e. The topological polar surface area (TPSA) is 111 Å². The molecule has 0 spiro atoms. The van der Waals surface area contributed by atoms with Crippen molar-refractivity contribution in [3.63, 3.8) is 0 Å². The molecule has 1 aromatic heterocycles. The summed E-state index contributed by atoms with van der Waals surface area (Å²) in [5.74, 6) is 1.54. The van der Waals surface area contributed by atoms with Crippen molar-refractivity contribution in [1.82, 2.24) is 14.7 Å². The molecule has 0 bridgehead atoms. The molecule has 42 heavy (non-hydrogen) atoms. The minimum absolute atomic E-state index is 0.0516. The predicted molar refractivity (Wildman–Crippen MR) is 161 cm³/mol. The van der Waals surface area contributed by atoms with Crippen molar-refractivity contribution in [1.29, 1.82) is 0 Å². The Kier molecular flexibility index (Phi) is 9.02. The molecule has 1 amide bonds. The highest BCUT2D eigenvalue weighted by molar-refractivity contribution is 7.90. The lowest BCUT2D eigenvalue weighted by Gasteiger charge is -2.32. The summed E-state index contributed by atoms with van der Waals surface area (Å²) in [7, 11) is -1.04. The molecule has 5 rings (SSSR count). The summed E-state index contributed by atoms with van der Waals surface area (Å²) in [6.07, 6.45) is 4.80. The number of carbonyl (C=O) groups is 1. The number of hydrogen-bond acceptors (Lipinski definition) is 8. The minimum atomic E-state index is -4.13. The van der Waals surface area contributed by atoms with E-state index in [1.165, 1.54) is 43.1 Å². The predicted octanol–water partition coefficient (Wildman–Crippen LogP) is 4.66. The highest BCUT2D eigenvalue weighted by Crippen LogP contribution is 2.26. The monoisotopic (exact) mass is 586 g/mol. The van der Waals surface area contributed by atoms with Crippen molar-refractivity contribution in [3.05, 3.63) is 107 Å². The number of carbonyl (C=O) groups excluding carboxylic acids is 1. The number of sulfonamides is 1. The molecule has 0 aliphatic carbocycles. The molecule has 1 aliphatic heterocycles. The summed E-state index contributed by atoms with van der Waals surface area (Å²) in [6.45, 7) is 1.60. The highest BCUT2D eigenvalue weighted by atomic mass is 32.2. The van der Waals surface area contributed by atoms with Crippen LogP contribution in [0, 0.1) is 5.92 Å². The van der Waals surface area contributed by atoms with Gasteiger partial charge in [-0.05, 0) is 72.7 Å². The van der Waals surface area contributed by atoms with Gasteiger partial charge in [-0.1, -0.05) is 42.5 Å². The first-order chi connectivity index (χ1) is 20.3. The van der Waals surface area contributed by atoms with Gasteiger partial charge in [-0.15, -0.1) is 0 Å². The number of piperidine rings is 1. The first-order valence-corrected chi connectivity index (χ1v) is 15.3. The summed E-state index contributed by atoms with van der Waals surface area (Å²) in [5, 5.41) is 0. The van der Waals surface area contributed by atoms with Crippen molar-refractivity contribution >= 4 is 21.9 Å². The Balaban J connectivity index is 1.36. The standard InChI is InChI=1S/C32H34N4O5S/c1-40-26-10-8-24(9-11-26)21-30-29(31(37)35-42(38,39)28-14-12-27(41-2)13-15-28)22-33-32(34-30)36-18-16-25(17-19-36)20-23-6-4-3-5-7-23/h3-15,22,25H,16-21H2,1-2H3,(H,35,37). The summed E-state index contributed by atoms with van der Waals surface area (Å²) < 4.78 is 38.5. The lowest BCUT2D eigenvalue weighted by atomic mass is 9.90. The van der Waals surface area contributed by atoms with E-state index in [0.717, 1.165) is 37.9 Å². The third-order valence-electron chi connectivity index (χ3n) is 7.49. The van der Waals surface area contributed by atoms with Crippen LogP contribution in [0.15, 0.2) is 90.0 Å². The summed E-state index contributed by atoms with van der Waals surface area (Å²) in [4.78, 5) is 24.7. The van der Waals surface area contributed by atoms with Crippen LogP contribution >= 0.6 is 0 Å². The maximum Gasteiger partial charge on any atom is 0.268 e. The van der Waals surface area contributed by atoms with Crippen molar-refractivity contribution in [2.24, 2.45) is 5.92 Å². The van der Waals surface area contributed by atoms with Gasteiger partial charge in [0.05, 0.1) is 30.4 Å². The zero-order valence-corrected chi connectivity index (χ0v) is 24.5. The van der Waals surface area contributed by atoms with Gasteiger partial charge in [-0.2, -0.15) is 0 Å². The van der Waals surface area contributed by atoms with Crippen molar-refractivity contribution in [3.8, 4) is 11.5 Å². The van der Waals surface area contributed by atoms with E-state index in [1.54, 1.807) is 7.11 Å². The smallest absolute Gasteiger partial charge is 0.268 e. The molecule has 1 fully saturated rings. The maximum atomic E-state index is 13.3.